The maximum Gasteiger partial charge on any atom is 0.437 e. The van der Waals surface area contributed by atoms with Crippen molar-refractivity contribution in [3.05, 3.63) is 54.6 Å². The SMILES string of the molecule is Cn1nc(-c2ccc(N3CCN(/C(=N\C(=O)OC(C)(C)C)NC(=O)OC(C)(C)C)CC3)cc2)cc1-c1ccc(N2CCN(/C(=N\C(=O)OC(C)(C)C)NC(=O)OC(C)(C)C)CC2)cc1. The summed E-state index contributed by atoms with van der Waals surface area (Å²) in [7, 11) is 1.93. The lowest BCUT2D eigenvalue weighted by molar-refractivity contribution is 0.0535. The van der Waals surface area contributed by atoms with Crippen molar-refractivity contribution >= 4 is 47.7 Å². The number of benzene rings is 2. The zero-order chi connectivity index (χ0) is 47.2. The van der Waals surface area contributed by atoms with E-state index in [1.807, 2.05) is 21.5 Å². The van der Waals surface area contributed by atoms with E-state index in [9.17, 15) is 19.2 Å². The van der Waals surface area contributed by atoms with Crippen LogP contribution in [0, 0.1) is 0 Å². The van der Waals surface area contributed by atoms with Gasteiger partial charge in [0.1, 0.15) is 22.4 Å². The smallest absolute Gasteiger partial charge is 0.437 e. The van der Waals surface area contributed by atoms with Crippen molar-refractivity contribution in [1.29, 1.82) is 0 Å². The number of carbonyl (C=O) groups excluding carboxylic acids is 4. The third-order valence-corrected chi connectivity index (χ3v) is 9.50. The van der Waals surface area contributed by atoms with Gasteiger partial charge in [-0.25, -0.2) is 19.2 Å². The fourth-order valence-electron chi connectivity index (χ4n) is 6.81. The zero-order valence-electron chi connectivity index (χ0n) is 39.7. The van der Waals surface area contributed by atoms with Crippen LogP contribution >= 0.6 is 0 Å². The number of hydrogen-bond donors (Lipinski definition) is 2. The standard InChI is InChI=1S/C46H66N10O8/c1-43(2,3)61-39(57)47-37(48-40(58)62-44(4,5)6)55-26-22-53(23-27-55)33-18-14-31(15-19-33)35-30-36(52(13)51-35)32-16-20-34(21-17-32)54-24-28-56(29-25-54)38(49-41(59)63-45(7,8)9)50-42(60)64-46(10,11)12/h14-21,30H,22-29H2,1-13H3,(H,47,48,57,58)(H,49,50,59,60). The van der Waals surface area contributed by atoms with Gasteiger partial charge in [0.25, 0.3) is 0 Å². The number of guanidine groups is 2. The summed E-state index contributed by atoms with van der Waals surface area (Å²) in [5.41, 5.74) is 2.93. The number of alkyl carbamates (subject to hydrolysis) is 2. The van der Waals surface area contributed by atoms with Gasteiger partial charge >= 0.3 is 24.4 Å². The second-order valence-electron chi connectivity index (χ2n) is 19.7. The average molecular weight is 887 g/mol. The summed E-state index contributed by atoms with van der Waals surface area (Å²) in [5, 5.41) is 10.1. The summed E-state index contributed by atoms with van der Waals surface area (Å²) in [6.07, 6.45) is -3.00. The minimum Gasteiger partial charge on any atom is -0.444 e. The van der Waals surface area contributed by atoms with Crippen LogP contribution in [-0.4, -0.2) is 131 Å². The molecule has 0 saturated carbocycles. The van der Waals surface area contributed by atoms with E-state index in [2.05, 4.69) is 85.0 Å². The highest BCUT2D eigenvalue weighted by Crippen LogP contribution is 2.29. The van der Waals surface area contributed by atoms with E-state index >= 15 is 0 Å². The molecule has 348 valence electrons. The van der Waals surface area contributed by atoms with Crippen molar-refractivity contribution in [1.82, 2.24) is 30.2 Å². The summed E-state index contributed by atoms with van der Waals surface area (Å²) in [5.74, 6) is 0.178. The number of nitrogens with zero attached hydrogens (tertiary/aromatic N) is 8. The van der Waals surface area contributed by atoms with Crippen LogP contribution < -0.4 is 20.4 Å². The molecule has 3 heterocycles. The Bertz CT molecular complexity index is 2170. The van der Waals surface area contributed by atoms with Crippen molar-refractivity contribution in [2.24, 2.45) is 17.0 Å². The molecule has 0 radical (unpaired) electrons. The average Bonchev–Trinajstić information content (AvgIpc) is 3.56. The zero-order valence-corrected chi connectivity index (χ0v) is 39.7. The Balaban J connectivity index is 1.20. The Kier molecular flexibility index (Phi) is 14.9. The lowest BCUT2D eigenvalue weighted by atomic mass is 10.1. The third kappa shape index (κ3) is 14.9. The molecule has 4 amide bonds. The van der Waals surface area contributed by atoms with Crippen molar-refractivity contribution in [2.75, 3.05) is 62.2 Å². The highest BCUT2D eigenvalue weighted by Gasteiger charge is 2.28. The van der Waals surface area contributed by atoms with Gasteiger partial charge in [0.2, 0.25) is 11.9 Å². The number of aromatic nitrogens is 2. The number of anilines is 2. The molecule has 2 fully saturated rings. The first-order chi connectivity index (χ1) is 29.7. The number of ether oxygens (including phenoxy) is 4. The van der Waals surface area contributed by atoms with E-state index in [0.717, 1.165) is 33.9 Å². The van der Waals surface area contributed by atoms with Crippen molar-refractivity contribution in [3.63, 3.8) is 0 Å². The van der Waals surface area contributed by atoms with Gasteiger partial charge < -0.3 is 38.5 Å². The van der Waals surface area contributed by atoms with Gasteiger partial charge in [-0.2, -0.15) is 5.10 Å². The monoisotopic (exact) mass is 887 g/mol. The molecule has 18 nitrogen and oxygen atoms in total. The lowest BCUT2D eigenvalue weighted by Crippen LogP contribution is -2.54. The maximum absolute atomic E-state index is 12.7. The largest absolute Gasteiger partial charge is 0.444 e. The summed E-state index contributed by atoms with van der Waals surface area (Å²) >= 11 is 0. The van der Waals surface area contributed by atoms with Crippen LogP contribution in [0.25, 0.3) is 22.5 Å². The summed E-state index contributed by atoms with van der Waals surface area (Å²) < 4.78 is 23.5. The van der Waals surface area contributed by atoms with Gasteiger partial charge in [-0.1, -0.05) is 24.3 Å². The van der Waals surface area contributed by atoms with Crippen LogP contribution in [0.2, 0.25) is 0 Å². The Labute approximate surface area is 376 Å². The van der Waals surface area contributed by atoms with Gasteiger partial charge in [-0.15, -0.1) is 9.98 Å². The molecule has 0 unspecified atom stereocenters. The molecule has 5 rings (SSSR count). The predicted octanol–water partition coefficient (Wildman–Crippen LogP) is 7.63. The van der Waals surface area contributed by atoms with Gasteiger partial charge in [-0.3, -0.25) is 15.3 Å². The number of rotatable bonds is 4. The molecule has 0 atom stereocenters. The van der Waals surface area contributed by atoms with Crippen molar-refractivity contribution in [3.8, 4) is 22.5 Å². The molecule has 18 heteroatoms. The van der Waals surface area contributed by atoms with E-state index in [1.165, 1.54) is 0 Å². The maximum atomic E-state index is 12.7. The summed E-state index contributed by atoms with van der Waals surface area (Å²) in [6.45, 7) is 25.6. The van der Waals surface area contributed by atoms with Crippen LogP contribution in [-0.2, 0) is 26.0 Å². The van der Waals surface area contributed by atoms with E-state index < -0.39 is 46.8 Å². The Morgan fingerprint density at radius 3 is 1.20 bits per heavy atom. The van der Waals surface area contributed by atoms with Crippen LogP contribution in [0.5, 0.6) is 0 Å². The molecular weight excluding hydrogens is 821 g/mol. The van der Waals surface area contributed by atoms with Gasteiger partial charge in [0.15, 0.2) is 0 Å². The molecule has 0 spiro atoms. The Morgan fingerprint density at radius 1 is 0.516 bits per heavy atom. The number of amides is 4. The molecular formula is C46H66N10O8. The van der Waals surface area contributed by atoms with Crippen molar-refractivity contribution < 1.29 is 38.1 Å². The molecule has 2 aliphatic rings. The molecule has 64 heavy (non-hydrogen) atoms. The molecule has 2 aromatic carbocycles. The molecule has 2 N–H and O–H groups in total. The predicted molar refractivity (Wildman–Crippen MR) is 248 cm³/mol. The second-order valence-corrected chi connectivity index (χ2v) is 19.7. The van der Waals surface area contributed by atoms with Gasteiger partial charge in [0, 0.05) is 76.3 Å². The van der Waals surface area contributed by atoms with Gasteiger partial charge in [-0.05, 0) is 119 Å². The number of aliphatic imine (C=N–C) groups is 2. The highest BCUT2D eigenvalue weighted by molar-refractivity contribution is 6.00. The topological polar surface area (TPSA) is 185 Å². The molecule has 3 aromatic rings. The highest BCUT2D eigenvalue weighted by atomic mass is 16.6. The lowest BCUT2D eigenvalue weighted by Gasteiger charge is -2.37. The normalized spacial score (nSPS) is 15.7. The number of nitrogens with one attached hydrogen (secondary N) is 2. The van der Waals surface area contributed by atoms with Crippen LogP contribution in [0.15, 0.2) is 64.6 Å². The number of hydrogen-bond acceptors (Lipinski definition) is 11. The van der Waals surface area contributed by atoms with E-state index in [-0.39, 0.29) is 11.9 Å². The van der Waals surface area contributed by atoms with Gasteiger partial charge in [0.05, 0.1) is 11.4 Å². The fourth-order valence-corrected chi connectivity index (χ4v) is 6.81. The first-order valence-corrected chi connectivity index (χ1v) is 21.6. The molecule has 0 bridgehead atoms. The Hall–Kier alpha value is -6.33. The Morgan fingerprint density at radius 2 is 0.859 bits per heavy atom. The minimum atomic E-state index is -0.797. The molecule has 2 saturated heterocycles. The molecule has 0 aliphatic carbocycles. The van der Waals surface area contributed by atoms with Crippen LogP contribution in [0.3, 0.4) is 0 Å². The molecule has 1 aromatic heterocycles. The third-order valence-electron chi connectivity index (χ3n) is 9.50. The van der Waals surface area contributed by atoms with Crippen LogP contribution in [0.1, 0.15) is 83.1 Å². The van der Waals surface area contributed by atoms with Crippen LogP contribution in [0.4, 0.5) is 30.6 Å². The van der Waals surface area contributed by atoms with E-state index in [1.54, 1.807) is 83.1 Å². The molecule has 2 aliphatic heterocycles. The van der Waals surface area contributed by atoms with Crippen molar-refractivity contribution in [2.45, 2.75) is 105 Å². The summed E-state index contributed by atoms with van der Waals surface area (Å²) in [4.78, 5) is 67.0. The first-order valence-electron chi connectivity index (χ1n) is 21.6. The van der Waals surface area contributed by atoms with E-state index in [0.29, 0.717) is 52.4 Å². The number of carbonyl (C=O) groups is 4. The van der Waals surface area contributed by atoms with E-state index in [4.69, 9.17) is 24.0 Å². The number of aryl methyl sites for hydroxylation is 1. The first kappa shape index (κ1) is 48.7. The minimum absolute atomic E-state index is 0.0887. The summed E-state index contributed by atoms with van der Waals surface area (Å²) in [6, 6.07) is 18.7. The fraction of sp³-hybridized carbons (Fsp3) is 0.543. The number of piperazine rings is 2. The quantitative estimate of drug-likeness (QED) is 0.148. The second kappa shape index (κ2) is 19.6.